The molecule has 5 nitrogen and oxygen atoms in total. The average molecular weight is 137 g/mol. The normalized spacial score (nSPS) is 9.00. The maximum Gasteiger partial charge on any atom is 1.00 e. The summed E-state index contributed by atoms with van der Waals surface area (Å²) in [5, 5.41) is 17.9. The Balaban J connectivity index is -0.000000245. The number of oxime groups is 1. The molecule has 0 aliphatic heterocycles. The zero-order valence-corrected chi connectivity index (χ0v) is 6.83. The topological polar surface area (TPSA) is 99.5 Å². The van der Waals surface area contributed by atoms with E-state index in [0.29, 0.717) is 0 Å². The summed E-state index contributed by atoms with van der Waals surface area (Å²) in [5.41, 5.74) is 3.82. The molecule has 6 heteroatoms. The second-order valence-corrected chi connectivity index (χ2v) is 0.925. The smallest absolute Gasteiger partial charge is 1.00 e. The fourth-order valence-electron chi connectivity index (χ4n) is 0.127. The van der Waals surface area contributed by atoms with Gasteiger partial charge in [0.2, 0.25) is 5.71 Å². The Hall–Kier alpha value is -0.570. The molecule has 0 saturated heterocycles. The van der Waals surface area contributed by atoms with Gasteiger partial charge in [0.1, 0.15) is 6.07 Å². The van der Waals surface area contributed by atoms with Gasteiger partial charge < -0.3 is 12.4 Å². The van der Waals surface area contributed by atoms with Gasteiger partial charge in [-0.3, -0.25) is 4.79 Å². The molecule has 0 radical (unpaired) electrons. The molecule has 0 saturated carbocycles. The molecular weight excluding hydrogens is 133 g/mol. The summed E-state index contributed by atoms with van der Waals surface area (Å²) in [6.45, 7) is 0. The predicted molar refractivity (Wildman–Crippen MR) is 25.1 cm³/mol. The van der Waals surface area contributed by atoms with Gasteiger partial charge in [-0.1, -0.05) is 5.16 Å². The van der Waals surface area contributed by atoms with E-state index in [1.807, 2.05) is 0 Å². The molecule has 0 unspecified atom stereocenters. The molecule has 3 N–H and O–H groups in total. The van der Waals surface area contributed by atoms with Gasteiger partial charge in [-0.15, -0.1) is 0 Å². The van der Waals surface area contributed by atoms with E-state index >= 15 is 0 Å². The van der Waals surface area contributed by atoms with Crippen molar-refractivity contribution in [2.75, 3.05) is 0 Å². The van der Waals surface area contributed by atoms with Crippen molar-refractivity contribution >= 4 is 11.6 Å². The first kappa shape index (κ1) is 11.3. The van der Waals surface area contributed by atoms with E-state index in [1.165, 1.54) is 6.07 Å². The number of carbonyl (C=O) groups is 1. The predicted octanol–water partition coefficient (Wildman–Crippen LogP) is -4.06. The summed E-state index contributed by atoms with van der Waals surface area (Å²) in [7, 11) is 0. The van der Waals surface area contributed by atoms with Crippen molar-refractivity contribution in [1.82, 2.24) is 0 Å². The van der Waals surface area contributed by atoms with Crippen LogP contribution in [0.25, 0.3) is 0 Å². The molecule has 0 aromatic carbocycles. The van der Waals surface area contributed by atoms with Crippen LogP contribution >= 0.6 is 0 Å². The molecule has 0 heterocycles. The van der Waals surface area contributed by atoms with Crippen molar-refractivity contribution in [2.24, 2.45) is 10.9 Å². The van der Waals surface area contributed by atoms with Crippen LogP contribution in [0.5, 0.6) is 0 Å². The van der Waals surface area contributed by atoms with Crippen LogP contribution in [0.15, 0.2) is 5.16 Å². The van der Waals surface area contributed by atoms with Gasteiger partial charge in [-0.05, 0) is 0 Å². The number of rotatable bonds is 1. The van der Waals surface area contributed by atoms with Crippen LogP contribution in [-0.2, 0) is 4.79 Å². The monoisotopic (exact) mass is 137 g/mol. The van der Waals surface area contributed by atoms with Crippen LogP contribution in [0.4, 0.5) is 0 Å². The van der Waals surface area contributed by atoms with E-state index in [2.05, 4.69) is 10.9 Å². The average Bonchev–Trinajstić information content (AvgIpc) is 1.69. The zero-order valence-electron chi connectivity index (χ0n) is 5.83. The van der Waals surface area contributed by atoms with E-state index in [0.717, 1.165) is 0 Å². The number of amides is 1. The summed E-state index contributed by atoms with van der Waals surface area (Å²) in [6, 6.07) is 1.28. The Morgan fingerprint density at radius 3 is 2.33 bits per heavy atom. The summed E-state index contributed by atoms with van der Waals surface area (Å²) >= 11 is 0. The van der Waals surface area contributed by atoms with Gasteiger partial charge in [-0.25, -0.2) is 0 Å². The molecule has 9 heavy (non-hydrogen) atoms. The maximum absolute atomic E-state index is 9.87. The maximum atomic E-state index is 9.87. The van der Waals surface area contributed by atoms with E-state index in [1.54, 1.807) is 0 Å². The molecule has 0 aliphatic carbocycles. The van der Waals surface area contributed by atoms with Gasteiger partial charge in [0.05, 0.1) is 0 Å². The first-order valence-corrected chi connectivity index (χ1v) is 1.64. The molecule has 0 bridgehead atoms. The van der Waals surface area contributed by atoms with E-state index in [9.17, 15) is 4.79 Å². The van der Waals surface area contributed by atoms with Crippen LogP contribution in [0.1, 0.15) is 1.43 Å². The van der Waals surface area contributed by atoms with Crippen molar-refractivity contribution in [2.45, 2.75) is 0 Å². The first-order valence-electron chi connectivity index (χ1n) is 1.64. The Morgan fingerprint density at radius 2 is 2.33 bits per heavy atom. The fraction of sp³-hybridized carbons (Fsp3) is 0. The Morgan fingerprint density at radius 1 is 1.89 bits per heavy atom. The molecule has 0 atom stereocenters. The van der Waals surface area contributed by atoms with Crippen LogP contribution < -0.4 is 35.3 Å². The third kappa shape index (κ3) is 3.97. The minimum absolute atomic E-state index is 0. The van der Waals surface area contributed by atoms with Crippen LogP contribution in [0, 0.1) is 11.3 Å². The number of nitriles is 1. The second-order valence-electron chi connectivity index (χ2n) is 0.925. The number of primary amides is 1. The molecule has 0 spiro atoms. The first-order chi connectivity index (χ1) is 3.72. The molecule has 0 rings (SSSR count). The van der Waals surface area contributed by atoms with Crippen LogP contribution in [0.2, 0.25) is 0 Å². The van der Waals surface area contributed by atoms with Crippen molar-refractivity contribution in [3.8, 4) is 6.07 Å². The third-order valence-corrected chi connectivity index (χ3v) is 0.439. The van der Waals surface area contributed by atoms with E-state index in [-0.39, 0.29) is 31.0 Å². The molecule has 1 amide bonds. The number of hydrogen-bond donors (Lipinski definition) is 2. The summed E-state index contributed by atoms with van der Waals surface area (Å²) < 4.78 is 0. The molecule has 0 aromatic heterocycles. The van der Waals surface area contributed by atoms with Crippen molar-refractivity contribution in [1.29, 1.82) is 5.26 Å². The van der Waals surface area contributed by atoms with Crippen molar-refractivity contribution < 1.29 is 41.0 Å². The number of nitrogens with two attached hydrogens (primary N) is 1. The van der Waals surface area contributed by atoms with Gasteiger partial charge >= 0.3 is 29.6 Å². The van der Waals surface area contributed by atoms with Gasteiger partial charge in [0.25, 0.3) is 5.91 Å². The summed E-state index contributed by atoms with van der Waals surface area (Å²) in [6.07, 6.45) is 0. The minimum Gasteiger partial charge on any atom is -1.00 e. The molecule has 0 fully saturated rings. The number of carbonyl (C=O) groups excluding carboxylic acids is 1. The molecular formula is C3H4N3NaO2. The van der Waals surface area contributed by atoms with Gasteiger partial charge in [0.15, 0.2) is 0 Å². The van der Waals surface area contributed by atoms with Crippen molar-refractivity contribution in [3.05, 3.63) is 0 Å². The second kappa shape index (κ2) is 5.56. The quantitative estimate of drug-likeness (QED) is 0.166. The van der Waals surface area contributed by atoms with Crippen LogP contribution in [-0.4, -0.2) is 16.8 Å². The number of hydrogen-bond acceptors (Lipinski definition) is 4. The third-order valence-electron chi connectivity index (χ3n) is 0.439. The fourth-order valence-corrected chi connectivity index (χ4v) is 0.127. The standard InChI is InChI=1S/C3H3N3O2.Na.H/c4-1-2(6-8)3(5)7;;/h8H,(H2,5,7);;/q;+1;-1. The zero-order chi connectivity index (χ0) is 6.57. The largest absolute Gasteiger partial charge is 1.00 e. The minimum atomic E-state index is -1.03. The van der Waals surface area contributed by atoms with E-state index < -0.39 is 11.6 Å². The number of nitrogens with zero attached hydrogens (tertiary/aromatic N) is 2. The SMILES string of the molecule is N#CC(=NO)C(N)=O.[H-].[Na+]. The Bertz CT molecular complexity index is 175. The van der Waals surface area contributed by atoms with E-state index in [4.69, 9.17) is 10.5 Å². The Labute approximate surface area is 74.9 Å². The summed E-state index contributed by atoms with van der Waals surface area (Å²) in [5.74, 6) is -1.03. The van der Waals surface area contributed by atoms with Crippen LogP contribution in [0.3, 0.4) is 0 Å². The summed E-state index contributed by atoms with van der Waals surface area (Å²) in [4.78, 5) is 9.87. The molecule has 0 aromatic rings. The van der Waals surface area contributed by atoms with Gasteiger partial charge in [0, 0.05) is 0 Å². The molecule has 44 valence electrons. The molecule has 0 aliphatic rings. The Kier molecular flexibility index (Phi) is 6.96. The van der Waals surface area contributed by atoms with Gasteiger partial charge in [-0.2, -0.15) is 5.26 Å². The van der Waals surface area contributed by atoms with Crippen molar-refractivity contribution in [3.63, 3.8) is 0 Å².